The van der Waals surface area contributed by atoms with Gasteiger partial charge in [-0.3, -0.25) is 9.59 Å². The molecule has 0 fully saturated rings. The molecule has 6 nitrogen and oxygen atoms in total. The molecule has 7 heteroatoms. The van der Waals surface area contributed by atoms with Gasteiger partial charge < -0.3 is 15.2 Å². The summed E-state index contributed by atoms with van der Waals surface area (Å²) < 4.78 is 2.85. The molecule has 2 N–H and O–H groups in total. The van der Waals surface area contributed by atoms with Crippen molar-refractivity contribution >= 4 is 33.4 Å². The molecule has 4 rings (SSSR count). The number of rotatable bonds is 6. The lowest BCUT2D eigenvalue weighted by Crippen LogP contribution is -2.36. The molecular formula is C21H18N4O2S. The van der Waals surface area contributed by atoms with Crippen molar-refractivity contribution in [1.29, 1.82) is 0 Å². The number of amides is 2. The molecule has 0 aliphatic carbocycles. The van der Waals surface area contributed by atoms with Crippen LogP contribution in [0.25, 0.3) is 15.3 Å². The maximum Gasteiger partial charge on any atom is 0.251 e. The molecule has 0 radical (unpaired) electrons. The first-order valence-corrected chi connectivity index (χ1v) is 9.63. The third kappa shape index (κ3) is 4.10. The Kier molecular flexibility index (Phi) is 5.16. The molecule has 2 aromatic heterocycles. The van der Waals surface area contributed by atoms with Crippen LogP contribution in [0, 0.1) is 0 Å². The first kappa shape index (κ1) is 17.9. The second kappa shape index (κ2) is 8.06. The predicted molar refractivity (Wildman–Crippen MR) is 110 cm³/mol. The molecule has 0 atom stereocenters. The number of fused-ring (bicyclic) bond motifs is 1. The molecule has 0 aliphatic rings. The highest BCUT2D eigenvalue weighted by molar-refractivity contribution is 7.20. The Balaban J connectivity index is 1.36. The van der Waals surface area contributed by atoms with E-state index in [0.29, 0.717) is 12.1 Å². The third-order valence-electron chi connectivity index (χ3n) is 4.21. The minimum atomic E-state index is -0.285. The second-order valence-corrected chi connectivity index (χ2v) is 7.22. The molecule has 0 spiro atoms. The van der Waals surface area contributed by atoms with Crippen molar-refractivity contribution in [2.45, 2.75) is 6.54 Å². The minimum Gasteiger partial charge on any atom is -0.350 e. The molecular weight excluding hydrogens is 372 g/mol. The lowest BCUT2D eigenvalue weighted by molar-refractivity contribution is -0.120. The minimum absolute atomic E-state index is 0.0684. The van der Waals surface area contributed by atoms with E-state index in [1.807, 2.05) is 65.5 Å². The van der Waals surface area contributed by atoms with Crippen LogP contribution < -0.4 is 10.6 Å². The lowest BCUT2D eigenvalue weighted by atomic mass is 10.2. The summed E-state index contributed by atoms with van der Waals surface area (Å²) >= 11 is 1.51. The summed E-state index contributed by atoms with van der Waals surface area (Å²) in [4.78, 5) is 28.9. The van der Waals surface area contributed by atoms with Crippen LogP contribution in [-0.4, -0.2) is 27.9 Å². The van der Waals surface area contributed by atoms with Crippen molar-refractivity contribution < 1.29 is 9.59 Å². The van der Waals surface area contributed by atoms with Crippen molar-refractivity contribution in [2.24, 2.45) is 0 Å². The van der Waals surface area contributed by atoms with Gasteiger partial charge in [-0.25, -0.2) is 4.98 Å². The zero-order chi connectivity index (χ0) is 19.3. The third-order valence-corrected chi connectivity index (χ3v) is 5.24. The van der Waals surface area contributed by atoms with Gasteiger partial charge in [0.25, 0.3) is 5.91 Å². The fourth-order valence-corrected chi connectivity index (χ4v) is 3.72. The highest BCUT2D eigenvalue weighted by Crippen LogP contribution is 2.25. The van der Waals surface area contributed by atoms with Crippen LogP contribution in [0.3, 0.4) is 0 Å². The lowest BCUT2D eigenvalue weighted by Gasteiger charge is -2.07. The maximum atomic E-state index is 12.4. The van der Waals surface area contributed by atoms with E-state index in [1.54, 1.807) is 12.1 Å². The summed E-state index contributed by atoms with van der Waals surface area (Å²) in [5.74, 6) is -0.515. The van der Waals surface area contributed by atoms with Crippen molar-refractivity contribution in [3.63, 3.8) is 0 Å². The van der Waals surface area contributed by atoms with E-state index < -0.39 is 0 Å². The van der Waals surface area contributed by atoms with E-state index in [4.69, 9.17) is 0 Å². The maximum absolute atomic E-state index is 12.4. The second-order valence-electron chi connectivity index (χ2n) is 6.21. The summed E-state index contributed by atoms with van der Waals surface area (Å²) in [7, 11) is 0. The average molecular weight is 390 g/mol. The van der Waals surface area contributed by atoms with Gasteiger partial charge in [-0.05, 0) is 35.9 Å². The quantitative estimate of drug-likeness (QED) is 0.531. The molecule has 0 saturated carbocycles. The number of aromatic nitrogens is 2. The van der Waals surface area contributed by atoms with E-state index in [-0.39, 0.29) is 18.4 Å². The van der Waals surface area contributed by atoms with Gasteiger partial charge in [0.15, 0.2) is 5.13 Å². The van der Waals surface area contributed by atoms with E-state index in [0.717, 1.165) is 20.9 Å². The van der Waals surface area contributed by atoms with Gasteiger partial charge in [0.1, 0.15) is 0 Å². The van der Waals surface area contributed by atoms with Crippen LogP contribution in [0.1, 0.15) is 15.9 Å². The Bertz CT molecular complexity index is 1100. The van der Waals surface area contributed by atoms with Crippen molar-refractivity contribution in [3.05, 3.63) is 84.2 Å². The van der Waals surface area contributed by atoms with E-state index in [1.165, 1.54) is 11.3 Å². The number of hydrogen-bond acceptors (Lipinski definition) is 4. The zero-order valence-corrected chi connectivity index (χ0v) is 15.8. The monoisotopic (exact) mass is 390 g/mol. The molecule has 0 unspecified atom stereocenters. The summed E-state index contributed by atoms with van der Waals surface area (Å²) in [5, 5.41) is 6.30. The SMILES string of the molecule is O=C(CNC(=O)c1ccc2nc(-n3cccc3)sc2c1)NCc1ccccc1. The van der Waals surface area contributed by atoms with Crippen LogP contribution in [0.5, 0.6) is 0 Å². The molecule has 4 aromatic rings. The van der Waals surface area contributed by atoms with Gasteiger partial charge in [-0.15, -0.1) is 0 Å². The topological polar surface area (TPSA) is 76.0 Å². The summed E-state index contributed by atoms with van der Waals surface area (Å²) in [5.41, 5.74) is 2.35. The van der Waals surface area contributed by atoms with Crippen LogP contribution in [0.2, 0.25) is 0 Å². The van der Waals surface area contributed by atoms with Crippen molar-refractivity contribution in [2.75, 3.05) is 6.54 Å². The van der Waals surface area contributed by atoms with Crippen LogP contribution in [0.15, 0.2) is 73.1 Å². The first-order chi connectivity index (χ1) is 13.7. The van der Waals surface area contributed by atoms with Gasteiger partial charge in [0.2, 0.25) is 5.91 Å². The van der Waals surface area contributed by atoms with Crippen molar-refractivity contribution in [1.82, 2.24) is 20.2 Å². The smallest absolute Gasteiger partial charge is 0.251 e. The normalized spacial score (nSPS) is 10.7. The standard InChI is InChI=1S/C21H18N4O2S/c26-19(22-13-15-6-2-1-3-7-15)14-23-20(27)16-8-9-17-18(12-16)28-21(24-17)25-10-4-5-11-25/h1-12H,13-14H2,(H,22,26)(H,23,27). The molecule has 2 aromatic carbocycles. The Hall–Kier alpha value is -3.45. The van der Waals surface area contributed by atoms with Crippen LogP contribution in [0.4, 0.5) is 0 Å². The highest BCUT2D eigenvalue weighted by atomic mass is 32.1. The number of thiazole rings is 1. The van der Waals surface area contributed by atoms with Crippen LogP contribution in [-0.2, 0) is 11.3 Å². The molecule has 140 valence electrons. The highest BCUT2D eigenvalue weighted by Gasteiger charge is 2.11. The number of hydrogen-bond donors (Lipinski definition) is 2. The van der Waals surface area contributed by atoms with Crippen LogP contribution >= 0.6 is 11.3 Å². The molecule has 0 aliphatic heterocycles. The number of nitrogens with one attached hydrogen (secondary N) is 2. The molecule has 2 amide bonds. The molecule has 28 heavy (non-hydrogen) atoms. The van der Waals surface area contributed by atoms with Gasteiger partial charge in [-0.2, -0.15) is 0 Å². The molecule has 2 heterocycles. The zero-order valence-electron chi connectivity index (χ0n) is 15.0. The average Bonchev–Trinajstić information content (AvgIpc) is 3.40. The first-order valence-electron chi connectivity index (χ1n) is 8.82. The van der Waals surface area contributed by atoms with Gasteiger partial charge in [0.05, 0.1) is 16.8 Å². The number of carbonyl (C=O) groups is 2. The van der Waals surface area contributed by atoms with Gasteiger partial charge >= 0.3 is 0 Å². The number of carbonyl (C=O) groups excluding carboxylic acids is 2. The van der Waals surface area contributed by atoms with Gasteiger partial charge in [0, 0.05) is 24.5 Å². The fourth-order valence-electron chi connectivity index (χ4n) is 2.75. The summed E-state index contributed by atoms with van der Waals surface area (Å²) in [6, 6.07) is 18.9. The summed E-state index contributed by atoms with van der Waals surface area (Å²) in [6.45, 7) is 0.367. The Morgan fingerprint density at radius 2 is 1.75 bits per heavy atom. The number of nitrogens with zero attached hydrogens (tertiary/aromatic N) is 2. The molecule has 0 bridgehead atoms. The summed E-state index contributed by atoms with van der Waals surface area (Å²) in [6.07, 6.45) is 3.86. The van der Waals surface area contributed by atoms with E-state index in [2.05, 4.69) is 15.6 Å². The number of benzene rings is 2. The Morgan fingerprint density at radius 1 is 0.964 bits per heavy atom. The fraction of sp³-hybridized carbons (Fsp3) is 0.0952. The largest absolute Gasteiger partial charge is 0.350 e. The van der Waals surface area contributed by atoms with E-state index >= 15 is 0 Å². The van der Waals surface area contributed by atoms with E-state index in [9.17, 15) is 9.59 Å². The molecule has 0 saturated heterocycles. The predicted octanol–water partition coefficient (Wildman–Crippen LogP) is 3.13. The Morgan fingerprint density at radius 3 is 2.54 bits per heavy atom. The van der Waals surface area contributed by atoms with Gasteiger partial charge in [-0.1, -0.05) is 41.7 Å². The van der Waals surface area contributed by atoms with Crippen molar-refractivity contribution in [3.8, 4) is 5.13 Å². The Labute approximate surface area is 165 Å².